The lowest BCUT2D eigenvalue weighted by Gasteiger charge is -2.37. The third kappa shape index (κ3) is 4.85. The highest BCUT2D eigenvalue weighted by atomic mass is 35.5. The number of hydrogen-bond donors (Lipinski definition) is 2. The van der Waals surface area contributed by atoms with E-state index < -0.39 is 6.04 Å². The Morgan fingerprint density at radius 1 is 1.00 bits per heavy atom. The van der Waals surface area contributed by atoms with Gasteiger partial charge in [0.05, 0.1) is 0 Å². The quantitative estimate of drug-likeness (QED) is 0.826. The fraction of sp³-hybridized carbons (Fsp3) is 0.875. The van der Waals surface area contributed by atoms with Crippen LogP contribution < -0.4 is 11.5 Å². The van der Waals surface area contributed by atoms with Crippen LogP contribution in [0.4, 0.5) is 0 Å². The highest BCUT2D eigenvalue weighted by molar-refractivity contribution is 5.87. The summed E-state index contributed by atoms with van der Waals surface area (Å²) < 4.78 is 0. The number of likely N-dealkylation sites (tertiary alicyclic amines) is 1. The lowest BCUT2D eigenvalue weighted by Crippen LogP contribution is -2.52. The first-order valence-electron chi connectivity index (χ1n) is 8.43. The van der Waals surface area contributed by atoms with Crippen LogP contribution >= 0.6 is 12.4 Å². The van der Waals surface area contributed by atoms with Gasteiger partial charge < -0.3 is 16.4 Å². The smallest absolute Gasteiger partial charge is 0.240 e. The molecule has 0 unspecified atom stereocenters. The monoisotopic (exact) mass is 331 g/mol. The number of carbonyl (C=O) groups excluding carboxylic acids is 2. The second-order valence-electron chi connectivity index (χ2n) is 6.62. The van der Waals surface area contributed by atoms with Crippen LogP contribution in [0.25, 0.3) is 0 Å². The molecule has 2 aliphatic rings. The lowest BCUT2D eigenvalue weighted by molar-refractivity contribution is -0.144. The molecule has 6 heteroatoms. The van der Waals surface area contributed by atoms with Crippen molar-refractivity contribution in [3.63, 3.8) is 0 Å². The summed E-state index contributed by atoms with van der Waals surface area (Å²) >= 11 is 0. The van der Waals surface area contributed by atoms with E-state index in [9.17, 15) is 9.59 Å². The molecule has 0 radical (unpaired) electrons. The molecule has 2 amide bonds. The van der Waals surface area contributed by atoms with Crippen molar-refractivity contribution in [1.82, 2.24) is 4.90 Å². The fourth-order valence-corrected chi connectivity index (χ4v) is 3.76. The van der Waals surface area contributed by atoms with Gasteiger partial charge in [-0.15, -0.1) is 12.4 Å². The summed E-state index contributed by atoms with van der Waals surface area (Å²) in [5, 5.41) is 0. The van der Waals surface area contributed by atoms with E-state index in [1.54, 1.807) is 4.90 Å². The van der Waals surface area contributed by atoms with E-state index in [0.29, 0.717) is 25.4 Å². The molecule has 5 nitrogen and oxygen atoms in total. The van der Waals surface area contributed by atoms with Gasteiger partial charge in [-0.1, -0.05) is 25.7 Å². The molecular formula is C16H30ClN3O2. The third-order valence-corrected chi connectivity index (χ3v) is 5.09. The highest BCUT2D eigenvalue weighted by Gasteiger charge is 2.35. The van der Waals surface area contributed by atoms with Crippen LogP contribution in [0.2, 0.25) is 0 Å². The summed E-state index contributed by atoms with van der Waals surface area (Å²) in [6, 6.07) is -0.465. The van der Waals surface area contributed by atoms with Crippen LogP contribution in [0, 0.1) is 11.8 Å². The average molecular weight is 332 g/mol. The number of rotatable bonds is 3. The Kier molecular flexibility index (Phi) is 8.18. The van der Waals surface area contributed by atoms with E-state index in [0.717, 1.165) is 44.9 Å². The van der Waals surface area contributed by atoms with Crippen LogP contribution in [0.3, 0.4) is 0 Å². The molecule has 0 aromatic rings. The van der Waals surface area contributed by atoms with Crippen LogP contribution in [0.5, 0.6) is 0 Å². The van der Waals surface area contributed by atoms with Crippen LogP contribution in [0.1, 0.15) is 57.8 Å². The molecule has 1 aliphatic heterocycles. The van der Waals surface area contributed by atoms with Gasteiger partial charge in [-0.05, 0) is 44.6 Å². The molecule has 0 aromatic carbocycles. The van der Waals surface area contributed by atoms with E-state index in [1.807, 2.05) is 0 Å². The van der Waals surface area contributed by atoms with Gasteiger partial charge in [0.1, 0.15) is 6.04 Å². The number of primary amides is 1. The van der Waals surface area contributed by atoms with Crippen molar-refractivity contribution in [2.24, 2.45) is 23.3 Å². The fourth-order valence-electron chi connectivity index (χ4n) is 3.76. The second-order valence-corrected chi connectivity index (χ2v) is 6.62. The summed E-state index contributed by atoms with van der Waals surface area (Å²) in [7, 11) is 0. The standard InChI is InChI=1S/C16H29N3O2.ClH/c17-11-12-6-4-5-9-19(14(10-12)15(18)20)16(21)13-7-2-1-3-8-13;/h12-14H,1-11,17H2,(H2,18,20);1H/t12-,14-;/m1./s1. The predicted molar refractivity (Wildman–Crippen MR) is 89.5 cm³/mol. The van der Waals surface area contributed by atoms with Gasteiger partial charge in [0.2, 0.25) is 11.8 Å². The first kappa shape index (κ1) is 19.2. The van der Waals surface area contributed by atoms with Crippen molar-refractivity contribution in [1.29, 1.82) is 0 Å². The van der Waals surface area contributed by atoms with Crippen molar-refractivity contribution in [3.05, 3.63) is 0 Å². The summed E-state index contributed by atoms with van der Waals surface area (Å²) in [6.45, 7) is 1.23. The Labute approximate surface area is 139 Å². The molecule has 0 bridgehead atoms. The molecule has 1 heterocycles. The van der Waals surface area contributed by atoms with E-state index >= 15 is 0 Å². The van der Waals surface area contributed by atoms with Crippen LogP contribution in [-0.4, -0.2) is 35.8 Å². The molecule has 128 valence electrons. The second kappa shape index (κ2) is 9.36. The van der Waals surface area contributed by atoms with Gasteiger partial charge in [-0.25, -0.2) is 0 Å². The molecule has 1 aliphatic carbocycles. The number of amides is 2. The highest BCUT2D eigenvalue weighted by Crippen LogP contribution is 2.29. The molecule has 1 saturated heterocycles. The summed E-state index contributed by atoms with van der Waals surface area (Å²) in [6.07, 6.45) is 9.06. The first-order chi connectivity index (χ1) is 10.1. The molecule has 0 aromatic heterocycles. The van der Waals surface area contributed by atoms with Gasteiger partial charge in [0.25, 0.3) is 0 Å². The molecule has 2 rings (SSSR count). The number of carbonyl (C=O) groups is 2. The van der Waals surface area contributed by atoms with Crippen LogP contribution in [-0.2, 0) is 9.59 Å². The van der Waals surface area contributed by atoms with Crippen molar-refractivity contribution in [2.75, 3.05) is 13.1 Å². The first-order valence-corrected chi connectivity index (χ1v) is 8.43. The zero-order chi connectivity index (χ0) is 15.2. The normalized spacial score (nSPS) is 27.4. The molecule has 2 fully saturated rings. The van der Waals surface area contributed by atoms with Gasteiger partial charge >= 0.3 is 0 Å². The summed E-state index contributed by atoms with van der Waals surface area (Å²) in [5.74, 6) is 0.163. The van der Waals surface area contributed by atoms with E-state index in [2.05, 4.69) is 0 Å². The Bertz CT molecular complexity index is 372. The summed E-state index contributed by atoms with van der Waals surface area (Å²) in [5.41, 5.74) is 11.4. The number of hydrogen-bond acceptors (Lipinski definition) is 3. The number of nitrogens with two attached hydrogens (primary N) is 2. The average Bonchev–Trinajstić information content (AvgIpc) is 2.47. The van der Waals surface area contributed by atoms with Crippen molar-refractivity contribution < 1.29 is 9.59 Å². The number of nitrogens with zero attached hydrogens (tertiary/aromatic N) is 1. The molecule has 2 atom stereocenters. The Morgan fingerprint density at radius 2 is 1.64 bits per heavy atom. The Hall–Kier alpha value is -0.810. The lowest BCUT2D eigenvalue weighted by atomic mass is 9.86. The molecular weight excluding hydrogens is 302 g/mol. The largest absolute Gasteiger partial charge is 0.368 e. The minimum atomic E-state index is -0.465. The van der Waals surface area contributed by atoms with E-state index in [-0.39, 0.29) is 30.1 Å². The van der Waals surface area contributed by atoms with Gasteiger partial charge in [-0.2, -0.15) is 0 Å². The van der Waals surface area contributed by atoms with E-state index in [1.165, 1.54) is 6.42 Å². The zero-order valence-electron chi connectivity index (χ0n) is 13.3. The summed E-state index contributed by atoms with van der Waals surface area (Å²) in [4.78, 5) is 26.5. The topological polar surface area (TPSA) is 89.4 Å². The molecule has 22 heavy (non-hydrogen) atoms. The minimum absolute atomic E-state index is 0. The van der Waals surface area contributed by atoms with E-state index in [4.69, 9.17) is 11.5 Å². The maximum Gasteiger partial charge on any atom is 0.240 e. The number of halogens is 1. The zero-order valence-corrected chi connectivity index (χ0v) is 14.2. The predicted octanol–water partition coefficient (Wildman–Crippen LogP) is 1.82. The van der Waals surface area contributed by atoms with Crippen molar-refractivity contribution in [2.45, 2.75) is 63.8 Å². The molecule has 4 N–H and O–H groups in total. The molecule has 1 saturated carbocycles. The third-order valence-electron chi connectivity index (χ3n) is 5.09. The van der Waals surface area contributed by atoms with Crippen LogP contribution in [0.15, 0.2) is 0 Å². The SMILES string of the molecule is Cl.NC[C@@H]1CCCCN(C(=O)C2CCCCC2)[C@@H](C(N)=O)C1. The Balaban J connectivity index is 0.00000242. The van der Waals surface area contributed by atoms with Crippen molar-refractivity contribution >= 4 is 24.2 Å². The van der Waals surface area contributed by atoms with Gasteiger partial charge in [0.15, 0.2) is 0 Å². The van der Waals surface area contributed by atoms with Gasteiger partial charge in [0, 0.05) is 12.5 Å². The maximum absolute atomic E-state index is 12.8. The van der Waals surface area contributed by atoms with Crippen molar-refractivity contribution in [3.8, 4) is 0 Å². The molecule has 0 spiro atoms. The minimum Gasteiger partial charge on any atom is -0.368 e. The maximum atomic E-state index is 12.8. The Morgan fingerprint density at radius 3 is 2.23 bits per heavy atom. The van der Waals surface area contributed by atoms with Gasteiger partial charge in [-0.3, -0.25) is 9.59 Å².